The fraction of sp³-hybridized carbons (Fsp3) is 0.462. The van der Waals surface area contributed by atoms with Gasteiger partial charge < -0.3 is 4.74 Å². The minimum absolute atomic E-state index is 0.0469. The van der Waals surface area contributed by atoms with Crippen LogP contribution in [-0.4, -0.2) is 17.3 Å². The Morgan fingerprint density at radius 1 is 1.35 bits per heavy atom. The molecule has 1 aliphatic rings. The minimum atomic E-state index is -0.571. The predicted octanol–water partition coefficient (Wildman–Crippen LogP) is 4.04. The number of hydrogen-bond acceptors (Lipinski definition) is 4. The summed E-state index contributed by atoms with van der Waals surface area (Å²) >= 11 is 11.8. The Kier molecular flexibility index (Phi) is 4.83. The number of nitro groups is 1. The number of rotatable bonds is 5. The van der Waals surface area contributed by atoms with Crippen LogP contribution in [0, 0.1) is 16.0 Å². The molecule has 2 rings (SSSR count). The SMILES string of the molecule is O=C1CCCC1CCOc1c(Cl)cc([N+](=O)[O-])cc1Cl. The first-order valence-electron chi connectivity index (χ1n) is 6.28. The Labute approximate surface area is 126 Å². The Morgan fingerprint density at radius 2 is 2.00 bits per heavy atom. The van der Waals surface area contributed by atoms with Crippen LogP contribution in [0.15, 0.2) is 12.1 Å². The molecule has 1 aliphatic carbocycles. The van der Waals surface area contributed by atoms with E-state index in [9.17, 15) is 14.9 Å². The van der Waals surface area contributed by atoms with Crippen molar-refractivity contribution in [2.24, 2.45) is 5.92 Å². The molecule has 0 saturated heterocycles. The molecule has 1 aromatic rings. The van der Waals surface area contributed by atoms with Crippen LogP contribution in [0.3, 0.4) is 0 Å². The fourth-order valence-corrected chi connectivity index (χ4v) is 2.87. The first-order valence-corrected chi connectivity index (χ1v) is 7.03. The molecule has 0 aromatic heterocycles. The van der Waals surface area contributed by atoms with Crippen molar-refractivity contribution in [3.8, 4) is 5.75 Å². The van der Waals surface area contributed by atoms with Crippen molar-refractivity contribution in [1.82, 2.24) is 0 Å². The maximum absolute atomic E-state index is 11.5. The molecule has 0 bridgehead atoms. The van der Waals surface area contributed by atoms with Gasteiger partial charge in [0.25, 0.3) is 5.69 Å². The number of nitro benzene ring substituents is 1. The molecule has 0 amide bonds. The Hall–Kier alpha value is -1.33. The molecule has 20 heavy (non-hydrogen) atoms. The van der Waals surface area contributed by atoms with Crippen molar-refractivity contribution in [3.63, 3.8) is 0 Å². The van der Waals surface area contributed by atoms with Crippen LogP contribution < -0.4 is 4.74 Å². The predicted molar refractivity (Wildman–Crippen MR) is 75.6 cm³/mol. The van der Waals surface area contributed by atoms with Gasteiger partial charge in [-0.05, 0) is 19.3 Å². The topological polar surface area (TPSA) is 69.4 Å². The molecule has 1 saturated carbocycles. The third-order valence-corrected chi connectivity index (χ3v) is 3.90. The van der Waals surface area contributed by atoms with E-state index in [1.807, 2.05) is 0 Å². The van der Waals surface area contributed by atoms with Gasteiger partial charge in [-0.1, -0.05) is 23.2 Å². The fourth-order valence-electron chi connectivity index (χ4n) is 2.29. The zero-order valence-corrected chi connectivity index (χ0v) is 12.1. The van der Waals surface area contributed by atoms with E-state index < -0.39 is 4.92 Å². The molecule has 0 spiro atoms. The summed E-state index contributed by atoms with van der Waals surface area (Å²) in [5.41, 5.74) is -0.182. The van der Waals surface area contributed by atoms with Gasteiger partial charge in [-0.3, -0.25) is 14.9 Å². The summed E-state index contributed by atoms with van der Waals surface area (Å²) in [4.78, 5) is 21.6. The second-order valence-corrected chi connectivity index (χ2v) is 5.50. The normalized spacial score (nSPS) is 18.3. The second-order valence-electron chi connectivity index (χ2n) is 4.69. The van der Waals surface area contributed by atoms with E-state index in [1.165, 1.54) is 12.1 Å². The van der Waals surface area contributed by atoms with Crippen LogP contribution in [0.4, 0.5) is 5.69 Å². The zero-order chi connectivity index (χ0) is 14.7. The average Bonchev–Trinajstić information content (AvgIpc) is 2.78. The van der Waals surface area contributed by atoms with Crippen LogP contribution >= 0.6 is 23.2 Å². The summed E-state index contributed by atoms with van der Waals surface area (Å²) in [6.07, 6.45) is 3.08. The molecule has 0 aliphatic heterocycles. The third-order valence-electron chi connectivity index (χ3n) is 3.34. The number of Topliss-reactive ketones (excluding diaryl/α,β-unsaturated/α-hetero) is 1. The molecule has 0 heterocycles. The molecule has 108 valence electrons. The molecule has 1 unspecified atom stereocenters. The van der Waals surface area contributed by atoms with E-state index >= 15 is 0 Å². The van der Waals surface area contributed by atoms with Gasteiger partial charge in [0.05, 0.1) is 21.6 Å². The van der Waals surface area contributed by atoms with Crippen LogP contribution in [0.25, 0.3) is 0 Å². The third kappa shape index (κ3) is 3.41. The van der Waals surface area contributed by atoms with Crippen LogP contribution in [0.5, 0.6) is 5.75 Å². The van der Waals surface area contributed by atoms with E-state index in [-0.39, 0.29) is 33.2 Å². The van der Waals surface area contributed by atoms with Gasteiger partial charge in [-0.15, -0.1) is 0 Å². The van der Waals surface area contributed by atoms with Crippen LogP contribution in [0.1, 0.15) is 25.7 Å². The van der Waals surface area contributed by atoms with E-state index in [0.29, 0.717) is 19.4 Å². The summed E-state index contributed by atoms with van der Waals surface area (Å²) in [5.74, 6) is 0.546. The standard InChI is InChI=1S/C13H13Cl2NO4/c14-10-6-9(16(18)19)7-11(15)13(10)20-5-4-8-2-1-3-12(8)17/h6-8H,1-5H2. The lowest BCUT2D eigenvalue weighted by Gasteiger charge is -2.12. The number of halogens is 2. The molecule has 5 nitrogen and oxygen atoms in total. The smallest absolute Gasteiger partial charge is 0.272 e. The number of ether oxygens (including phenoxy) is 1. The molecule has 0 radical (unpaired) electrons. The molecule has 1 fully saturated rings. The number of carbonyl (C=O) groups excluding carboxylic acids is 1. The first kappa shape index (κ1) is 15.1. The largest absolute Gasteiger partial charge is 0.490 e. The maximum atomic E-state index is 11.5. The highest BCUT2D eigenvalue weighted by molar-refractivity contribution is 6.37. The monoisotopic (exact) mass is 317 g/mol. The summed E-state index contributed by atoms with van der Waals surface area (Å²) in [6, 6.07) is 2.40. The molecule has 1 atom stereocenters. The quantitative estimate of drug-likeness (QED) is 0.607. The number of hydrogen-bond donors (Lipinski definition) is 0. The molecule has 7 heteroatoms. The molecular formula is C13H13Cl2NO4. The highest BCUT2D eigenvalue weighted by Crippen LogP contribution is 2.37. The van der Waals surface area contributed by atoms with E-state index in [1.54, 1.807) is 0 Å². The highest BCUT2D eigenvalue weighted by Gasteiger charge is 2.24. The first-order chi connectivity index (χ1) is 9.49. The van der Waals surface area contributed by atoms with E-state index in [2.05, 4.69) is 0 Å². The second kappa shape index (κ2) is 6.41. The van der Waals surface area contributed by atoms with Gasteiger partial charge >= 0.3 is 0 Å². The van der Waals surface area contributed by atoms with Crippen molar-refractivity contribution in [1.29, 1.82) is 0 Å². The van der Waals surface area contributed by atoms with Gasteiger partial charge in [0.1, 0.15) is 5.78 Å². The van der Waals surface area contributed by atoms with Gasteiger partial charge in [0, 0.05) is 24.5 Å². The molecule has 0 N–H and O–H groups in total. The average molecular weight is 318 g/mol. The lowest BCUT2D eigenvalue weighted by atomic mass is 10.0. The number of non-ortho nitro benzene ring substituents is 1. The van der Waals surface area contributed by atoms with Crippen LogP contribution in [-0.2, 0) is 4.79 Å². The number of nitrogens with zero attached hydrogens (tertiary/aromatic N) is 1. The number of carbonyl (C=O) groups is 1. The lowest BCUT2D eigenvalue weighted by Crippen LogP contribution is -2.11. The Morgan fingerprint density at radius 3 is 2.50 bits per heavy atom. The summed E-state index contributed by atoms with van der Waals surface area (Å²) in [5, 5.41) is 10.8. The number of benzene rings is 1. The van der Waals surface area contributed by atoms with Crippen molar-refractivity contribution in [3.05, 3.63) is 32.3 Å². The summed E-state index contributed by atoms with van der Waals surface area (Å²) in [6.45, 7) is 0.313. The van der Waals surface area contributed by atoms with Crippen molar-refractivity contribution < 1.29 is 14.5 Å². The Balaban J connectivity index is 1.99. The lowest BCUT2D eigenvalue weighted by molar-refractivity contribution is -0.384. The highest BCUT2D eigenvalue weighted by atomic mass is 35.5. The number of ketones is 1. The summed E-state index contributed by atoms with van der Waals surface area (Å²) in [7, 11) is 0. The van der Waals surface area contributed by atoms with Crippen molar-refractivity contribution >= 4 is 34.7 Å². The van der Waals surface area contributed by atoms with Crippen LogP contribution in [0.2, 0.25) is 10.0 Å². The molecule has 1 aromatic carbocycles. The van der Waals surface area contributed by atoms with Gasteiger partial charge in [0.2, 0.25) is 0 Å². The maximum Gasteiger partial charge on any atom is 0.272 e. The van der Waals surface area contributed by atoms with Gasteiger partial charge in [-0.25, -0.2) is 0 Å². The van der Waals surface area contributed by atoms with E-state index in [4.69, 9.17) is 27.9 Å². The summed E-state index contributed by atoms with van der Waals surface area (Å²) < 4.78 is 5.47. The van der Waals surface area contributed by atoms with Crippen molar-refractivity contribution in [2.75, 3.05) is 6.61 Å². The zero-order valence-electron chi connectivity index (χ0n) is 10.6. The van der Waals surface area contributed by atoms with Gasteiger partial charge in [0.15, 0.2) is 5.75 Å². The van der Waals surface area contributed by atoms with E-state index in [0.717, 1.165) is 12.8 Å². The minimum Gasteiger partial charge on any atom is -0.490 e. The molecular weight excluding hydrogens is 305 g/mol. The van der Waals surface area contributed by atoms with Crippen molar-refractivity contribution in [2.45, 2.75) is 25.7 Å². The van der Waals surface area contributed by atoms with Gasteiger partial charge in [-0.2, -0.15) is 0 Å². The Bertz CT molecular complexity index is 524.